The summed E-state index contributed by atoms with van der Waals surface area (Å²) < 4.78 is 5.61. The number of carbonyl (C=O) groups is 3. The van der Waals surface area contributed by atoms with Crippen molar-refractivity contribution in [2.75, 3.05) is 13.2 Å². The quantitative estimate of drug-likeness (QED) is 0.203. The molecule has 0 aromatic rings. The third kappa shape index (κ3) is 6.96. The fourth-order valence-electron chi connectivity index (χ4n) is 7.02. The Bertz CT molecular complexity index is 1090. The number of nitriles is 1. The third-order valence-corrected chi connectivity index (χ3v) is 11.1. The molecule has 0 unspecified atom stereocenters. The standard InChI is InChI=1S/C34H54N2O4/c1-11-30(4,5)14-16-32(8,22-40-28(38)21-36)17-15-31(6,7)34(10)13-12-26-24(3)29(39)25(20-35)19-33(26,9)27(34)18-23(2)37/h18-19,24,26H,11-17,21-22,36H2,1-10H3/b27-18-/t24-,26-,32-,33-,34+/m0/s1. The molecule has 2 aliphatic rings. The second-order valence-electron chi connectivity index (χ2n) is 14.8. The van der Waals surface area contributed by atoms with E-state index in [9.17, 15) is 19.6 Å². The lowest BCUT2D eigenvalue weighted by Gasteiger charge is -2.59. The molecule has 2 rings (SSSR count). The van der Waals surface area contributed by atoms with E-state index in [1.807, 2.05) is 13.0 Å². The molecule has 1 fully saturated rings. The van der Waals surface area contributed by atoms with Crippen molar-refractivity contribution in [3.63, 3.8) is 0 Å². The van der Waals surface area contributed by atoms with Crippen LogP contribution in [-0.4, -0.2) is 30.7 Å². The first kappa shape index (κ1) is 33.9. The molecule has 0 aliphatic heterocycles. The van der Waals surface area contributed by atoms with Crippen molar-refractivity contribution < 1.29 is 19.1 Å². The van der Waals surface area contributed by atoms with E-state index in [0.29, 0.717) is 6.61 Å². The number of hydrogen-bond donors (Lipinski definition) is 1. The van der Waals surface area contributed by atoms with Crippen LogP contribution in [0.5, 0.6) is 0 Å². The van der Waals surface area contributed by atoms with Crippen LogP contribution in [0.4, 0.5) is 0 Å². The molecule has 0 saturated heterocycles. The van der Waals surface area contributed by atoms with Crippen LogP contribution in [0.3, 0.4) is 0 Å². The topological polar surface area (TPSA) is 110 Å². The average Bonchev–Trinajstić information content (AvgIpc) is 2.89. The maximum Gasteiger partial charge on any atom is 0.319 e. The van der Waals surface area contributed by atoms with E-state index in [2.05, 4.69) is 61.5 Å². The first-order valence-electron chi connectivity index (χ1n) is 15.1. The Labute approximate surface area is 243 Å². The van der Waals surface area contributed by atoms with E-state index in [0.717, 1.165) is 50.5 Å². The van der Waals surface area contributed by atoms with Gasteiger partial charge in [0.15, 0.2) is 11.6 Å². The van der Waals surface area contributed by atoms with Crippen molar-refractivity contribution in [2.45, 2.75) is 114 Å². The fourth-order valence-corrected chi connectivity index (χ4v) is 7.02. The van der Waals surface area contributed by atoms with Crippen LogP contribution in [0.2, 0.25) is 0 Å². The van der Waals surface area contributed by atoms with Gasteiger partial charge in [-0.15, -0.1) is 0 Å². The molecule has 224 valence electrons. The maximum absolute atomic E-state index is 12.9. The summed E-state index contributed by atoms with van der Waals surface area (Å²) in [5.41, 5.74) is 5.65. The van der Waals surface area contributed by atoms with Crippen LogP contribution < -0.4 is 5.73 Å². The summed E-state index contributed by atoms with van der Waals surface area (Å²) in [5.74, 6) is -0.714. The number of fused-ring (bicyclic) bond motifs is 1. The van der Waals surface area contributed by atoms with Crippen LogP contribution in [0.15, 0.2) is 23.3 Å². The van der Waals surface area contributed by atoms with Gasteiger partial charge in [0.25, 0.3) is 0 Å². The van der Waals surface area contributed by atoms with Gasteiger partial charge in [0.05, 0.1) is 18.7 Å². The zero-order valence-corrected chi connectivity index (χ0v) is 26.8. The normalized spacial score (nSPS) is 29.7. The second kappa shape index (κ2) is 12.3. The summed E-state index contributed by atoms with van der Waals surface area (Å²) in [6, 6.07) is 2.14. The smallest absolute Gasteiger partial charge is 0.319 e. The lowest BCUT2D eigenvalue weighted by molar-refractivity contribution is -0.146. The van der Waals surface area contributed by atoms with Crippen molar-refractivity contribution in [3.8, 4) is 6.07 Å². The van der Waals surface area contributed by atoms with Gasteiger partial charge in [-0.3, -0.25) is 14.4 Å². The van der Waals surface area contributed by atoms with Crippen LogP contribution in [0.25, 0.3) is 0 Å². The third-order valence-electron chi connectivity index (χ3n) is 11.1. The highest BCUT2D eigenvalue weighted by molar-refractivity contribution is 6.02. The summed E-state index contributed by atoms with van der Waals surface area (Å²) in [6.07, 6.45) is 10.1. The first-order valence-corrected chi connectivity index (χ1v) is 15.1. The Kier molecular flexibility index (Phi) is 10.4. The number of hydrogen-bond acceptors (Lipinski definition) is 6. The van der Waals surface area contributed by atoms with Gasteiger partial charge < -0.3 is 10.5 Å². The van der Waals surface area contributed by atoms with Gasteiger partial charge in [0.1, 0.15) is 6.07 Å². The van der Waals surface area contributed by atoms with Crippen molar-refractivity contribution >= 4 is 17.5 Å². The number of nitrogens with two attached hydrogens (primary N) is 1. The van der Waals surface area contributed by atoms with E-state index in [-0.39, 0.29) is 63.1 Å². The van der Waals surface area contributed by atoms with Gasteiger partial charge in [-0.25, -0.2) is 0 Å². The van der Waals surface area contributed by atoms with Gasteiger partial charge in [0, 0.05) is 16.7 Å². The zero-order chi connectivity index (χ0) is 30.7. The molecule has 5 atom stereocenters. The van der Waals surface area contributed by atoms with Crippen LogP contribution in [-0.2, 0) is 19.1 Å². The summed E-state index contributed by atoms with van der Waals surface area (Å²) in [6.45, 7) is 21.6. The molecular weight excluding hydrogens is 500 g/mol. The van der Waals surface area contributed by atoms with E-state index in [1.165, 1.54) is 0 Å². The number of Topliss-reactive ketones (excluding diaryl/α,β-unsaturated/α-hetero) is 1. The van der Waals surface area contributed by atoms with E-state index in [1.54, 1.807) is 13.0 Å². The Morgan fingerprint density at radius 3 is 2.27 bits per heavy atom. The highest BCUT2D eigenvalue weighted by Crippen LogP contribution is 2.65. The Morgan fingerprint density at radius 2 is 1.75 bits per heavy atom. The highest BCUT2D eigenvalue weighted by atomic mass is 16.5. The number of nitrogens with zero attached hydrogens (tertiary/aromatic N) is 1. The minimum absolute atomic E-state index is 0.0179. The van der Waals surface area contributed by atoms with Crippen molar-refractivity contribution in [1.29, 1.82) is 5.26 Å². The zero-order valence-electron chi connectivity index (χ0n) is 26.8. The maximum atomic E-state index is 12.9. The van der Waals surface area contributed by atoms with E-state index in [4.69, 9.17) is 10.5 Å². The molecule has 2 N–H and O–H groups in total. The number of carbonyl (C=O) groups excluding carboxylic acids is 3. The predicted molar refractivity (Wildman–Crippen MR) is 160 cm³/mol. The summed E-state index contributed by atoms with van der Waals surface area (Å²) in [4.78, 5) is 37.6. The molecular formula is C34H54N2O4. The minimum atomic E-state index is -0.556. The molecule has 6 heteroatoms. The van der Waals surface area contributed by atoms with Gasteiger partial charge in [-0.05, 0) is 73.7 Å². The van der Waals surface area contributed by atoms with Gasteiger partial charge >= 0.3 is 5.97 Å². The monoisotopic (exact) mass is 554 g/mol. The molecule has 0 aromatic heterocycles. The fraction of sp³-hybridized carbons (Fsp3) is 0.765. The number of rotatable bonds is 12. The lowest BCUT2D eigenvalue weighted by Crippen LogP contribution is -2.52. The van der Waals surface area contributed by atoms with Crippen molar-refractivity contribution in [3.05, 3.63) is 23.3 Å². The highest BCUT2D eigenvalue weighted by Gasteiger charge is 2.58. The van der Waals surface area contributed by atoms with E-state index >= 15 is 0 Å². The molecule has 2 aliphatic carbocycles. The molecule has 1 saturated carbocycles. The summed E-state index contributed by atoms with van der Waals surface area (Å²) in [7, 11) is 0. The first-order chi connectivity index (χ1) is 18.3. The summed E-state index contributed by atoms with van der Waals surface area (Å²) in [5, 5.41) is 9.78. The molecule has 40 heavy (non-hydrogen) atoms. The number of ether oxygens (including phenoxy) is 1. The van der Waals surface area contributed by atoms with Gasteiger partial charge in [-0.1, -0.05) is 80.4 Å². The Hall–Kier alpha value is -2.26. The molecule has 0 heterocycles. The molecule has 0 aromatic carbocycles. The van der Waals surface area contributed by atoms with Crippen LogP contribution in [0.1, 0.15) is 114 Å². The van der Waals surface area contributed by atoms with Crippen molar-refractivity contribution in [2.24, 2.45) is 44.6 Å². The molecule has 0 spiro atoms. The van der Waals surface area contributed by atoms with E-state index < -0.39 is 5.41 Å². The number of ketones is 2. The van der Waals surface area contributed by atoms with Crippen LogP contribution >= 0.6 is 0 Å². The van der Waals surface area contributed by atoms with Gasteiger partial charge in [-0.2, -0.15) is 5.26 Å². The largest absolute Gasteiger partial charge is 0.464 e. The van der Waals surface area contributed by atoms with Crippen molar-refractivity contribution in [1.82, 2.24) is 0 Å². The number of esters is 1. The van der Waals surface area contributed by atoms with Gasteiger partial charge in [0.2, 0.25) is 0 Å². The lowest BCUT2D eigenvalue weighted by atomic mass is 9.44. The molecule has 0 amide bonds. The van der Waals surface area contributed by atoms with Crippen LogP contribution in [0, 0.1) is 50.2 Å². The molecule has 0 radical (unpaired) electrons. The molecule has 0 bridgehead atoms. The predicted octanol–water partition coefficient (Wildman–Crippen LogP) is 7.12. The minimum Gasteiger partial charge on any atom is -0.464 e. The number of allylic oxidation sites excluding steroid dienone is 4. The SMILES string of the molecule is CCC(C)(C)CC[C@@](C)(CCC(C)(C)[C@]1(C)CC[C@H]2[C@H](C)C(=O)C(C#N)=C[C@]2(C)/C1=C/C(C)=O)COC(=O)CN. The second-order valence-corrected chi connectivity index (χ2v) is 14.8. The Balaban J connectivity index is 2.49. The average molecular weight is 555 g/mol. The Morgan fingerprint density at radius 1 is 1.15 bits per heavy atom. The molecule has 6 nitrogen and oxygen atoms in total. The summed E-state index contributed by atoms with van der Waals surface area (Å²) >= 11 is 0.